The predicted molar refractivity (Wildman–Crippen MR) is 136 cm³/mol. The number of hydrogen-bond acceptors (Lipinski definition) is 8. The Morgan fingerprint density at radius 3 is 2.26 bits per heavy atom. The second-order valence-electron chi connectivity index (χ2n) is 9.09. The lowest BCUT2D eigenvalue weighted by atomic mass is 9.93. The number of nitrogens with zero attached hydrogens (tertiary/aromatic N) is 1. The maximum atomic E-state index is 13.2. The number of anilines is 2. The van der Waals surface area contributed by atoms with E-state index < -0.39 is 51.6 Å². The number of carbonyl (C=O) groups is 1. The van der Waals surface area contributed by atoms with Crippen LogP contribution in [-0.4, -0.2) is 55.5 Å². The van der Waals surface area contributed by atoms with E-state index in [-0.39, 0.29) is 17.3 Å². The number of rotatable bonds is 9. The van der Waals surface area contributed by atoms with Crippen molar-refractivity contribution in [3.63, 3.8) is 0 Å². The van der Waals surface area contributed by atoms with Gasteiger partial charge in [-0.2, -0.15) is 13.2 Å². The molecule has 0 fully saturated rings. The normalized spacial score (nSPS) is 14.4. The summed E-state index contributed by atoms with van der Waals surface area (Å²) < 4.78 is 72.6. The molecule has 0 aliphatic heterocycles. The lowest BCUT2D eigenvalue weighted by molar-refractivity contribution is -0.262. The third-order valence-electron chi connectivity index (χ3n) is 4.94. The maximum Gasteiger partial charge on any atom is 0.422 e. The first-order valence-electron chi connectivity index (χ1n) is 11.2. The highest BCUT2D eigenvalue weighted by Gasteiger charge is 2.54. The first-order chi connectivity index (χ1) is 17.5. The quantitative estimate of drug-likeness (QED) is 0.295. The van der Waals surface area contributed by atoms with Gasteiger partial charge in [0.15, 0.2) is 5.60 Å². The van der Waals surface area contributed by atoms with Crippen LogP contribution in [0.1, 0.15) is 33.3 Å². The molecule has 0 radical (unpaired) electrons. The molecule has 0 bridgehead atoms. The van der Waals surface area contributed by atoms with E-state index in [2.05, 4.69) is 32.2 Å². The monoisotopic (exact) mass is 557 g/mol. The van der Waals surface area contributed by atoms with Gasteiger partial charge in [-0.25, -0.2) is 22.9 Å². The Morgan fingerprint density at radius 2 is 1.79 bits per heavy atom. The predicted octanol–water partition coefficient (Wildman–Crippen LogP) is 2.92. The highest BCUT2D eigenvalue weighted by atomic mass is 32.2. The van der Waals surface area contributed by atoms with Gasteiger partial charge in [0.05, 0.1) is 0 Å². The number of amides is 1. The van der Waals surface area contributed by atoms with Gasteiger partial charge >= 0.3 is 12.3 Å². The summed E-state index contributed by atoms with van der Waals surface area (Å²) in [6.45, 7) is 5.36. The molecular formula is C24H30F3N5O5S. The second kappa shape index (κ2) is 12.0. The van der Waals surface area contributed by atoms with Crippen molar-refractivity contribution in [1.29, 1.82) is 0 Å². The van der Waals surface area contributed by atoms with Gasteiger partial charge in [0.2, 0.25) is 10.0 Å². The lowest BCUT2D eigenvalue weighted by Crippen LogP contribution is -2.48. The van der Waals surface area contributed by atoms with Gasteiger partial charge in [0, 0.05) is 25.0 Å². The second-order valence-corrected chi connectivity index (χ2v) is 10.9. The van der Waals surface area contributed by atoms with Crippen LogP contribution in [0.4, 0.5) is 29.5 Å². The molecule has 0 spiro atoms. The molecule has 1 unspecified atom stereocenters. The number of nitrogens with two attached hydrogens (primary N) is 1. The van der Waals surface area contributed by atoms with Crippen LogP contribution in [0.25, 0.3) is 0 Å². The SMILES string of the molecule is CC#C[C@@H](CNS(=O)(=O)c1ccc(NC(=O)OC(C)(C)C)nc1)Nc1ccc(C(O)(CN)C(F)(F)F)cc1. The van der Waals surface area contributed by atoms with Crippen molar-refractivity contribution >= 4 is 27.6 Å². The Morgan fingerprint density at radius 1 is 1.16 bits per heavy atom. The number of pyridine rings is 1. The zero-order valence-electron chi connectivity index (χ0n) is 21.2. The molecule has 1 amide bonds. The molecular weight excluding hydrogens is 527 g/mol. The Kier molecular flexibility index (Phi) is 9.73. The number of aliphatic hydroxyl groups is 1. The molecule has 0 aliphatic rings. The van der Waals surface area contributed by atoms with Crippen LogP contribution in [-0.2, 0) is 20.4 Å². The van der Waals surface area contributed by atoms with E-state index >= 15 is 0 Å². The average molecular weight is 558 g/mol. The number of alkyl halides is 3. The molecule has 208 valence electrons. The van der Waals surface area contributed by atoms with Gasteiger partial charge in [-0.15, -0.1) is 5.92 Å². The number of hydrogen-bond donors (Lipinski definition) is 5. The topological polar surface area (TPSA) is 156 Å². The fourth-order valence-corrected chi connectivity index (χ4v) is 4.04. The van der Waals surface area contributed by atoms with E-state index in [0.29, 0.717) is 5.69 Å². The van der Waals surface area contributed by atoms with Crippen LogP contribution < -0.4 is 21.1 Å². The average Bonchev–Trinajstić information content (AvgIpc) is 2.81. The van der Waals surface area contributed by atoms with Crippen molar-refractivity contribution < 1.29 is 36.2 Å². The highest BCUT2D eigenvalue weighted by molar-refractivity contribution is 7.89. The summed E-state index contributed by atoms with van der Waals surface area (Å²) in [4.78, 5) is 15.6. The minimum atomic E-state index is -4.97. The Hall–Kier alpha value is -3.38. The van der Waals surface area contributed by atoms with Crippen molar-refractivity contribution in [3.05, 3.63) is 48.2 Å². The molecule has 1 aromatic heterocycles. The lowest BCUT2D eigenvalue weighted by Gasteiger charge is -2.29. The molecule has 14 heteroatoms. The van der Waals surface area contributed by atoms with E-state index in [1.165, 1.54) is 31.2 Å². The molecule has 0 saturated heterocycles. The van der Waals surface area contributed by atoms with E-state index in [0.717, 1.165) is 18.3 Å². The zero-order valence-corrected chi connectivity index (χ0v) is 22.0. The van der Waals surface area contributed by atoms with Crippen LogP contribution in [0.3, 0.4) is 0 Å². The number of halogens is 3. The molecule has 6 N–H and O–H groups in total. The first kappa shape index (κ1) is 30.8. The van der Waals surface area contributed by atoms with Crippen LogP contribution in [0.15, 0.2) is 47.5 Å². The van der Waals surface area contributed by atoms with Gasteiger partial charge in [-0.05, 0) is 57.5 Å². The first-order valence-corrected chi connectivity index (χ1v) is 12.7. The molecule has 0 saturated carbocycles. The summed E-state index contributed by atoms with van der Waals surface area (Å²) in [6.07, 6.45) is -4.66. The molecule has 0 aliphatic carbocycles. The van der Waals surface area contributed by atoms with E-state index in [1.54, 1.807) is 20.8 Å². The number of carbonyl (C=O) groups excluding carboxylic acids is 1. The molecule has 2 atom stereocenters. The zero-order chi connectivity index (χ0) is 28.8. The molecule has 1 heterocycles. The number of ether oxygens (including phenoxy) is 1. The Bertz CT molecular complexity index is 1270. The molecule has 1 aromatic carbocycles. The fourth-order valence-electron chi connectivity index (χ4n) is 3.05. The molecule has 38 heavy (non-hydrogen) atoms. The largest absolute Gasteiger partial charge is 0.444 e. The molecule has 2 rings (SSSR count). The summed E-state index contributed by atoms with van der Waals surface area (Å²) >= 11 is 0. The summed E-state index contributed by atoms with van der Waals surface area (Å²) in [5, 5.41) is 15.3. The standard InChI is InChI=1S/C24H30F3N5O5S/c1-5-6-18(31-17-9-7-16(8-10-17)23(34,15-28)24(25,26)27)13-30-38(35,36)19-11-12-20(29-14-19)32-21(33)37-22(2,3)4/h7-12,14,18,30-31,34H,13,15,28H2,1-4H3,(H,29,32,33)/t18-,23?/m0/s1. The van der Waals surface area contributed by atoms with Crippen LogP contribution in [0, 0.1) is 11.8 Å². The van der Waals surface area contributed by atoms with Crippen LogP contribution in [0.5, 0.6) is 0 Å². The van der Waals surface area contributed by atoms with Gasteiger partial charge in [0.1, 0.15) is 22.4 Å². The fraction of sp³-hybridized carbons (Fsp3) is 0.417. The molecule has 10 nitrogen and oxygen atoms in total. The third kappa shape index (κ3) is 8.32. The van der Waals surface area contributed by atoms with E-state index in [4.69, 9.17) is 10.5 Å². The van der Waals surface area contributed by atoms with Gasteiger partial charge in [0.25, 0.3) is 0 Å². The van der Waals surface area contributed by atoms with Crippen molar-refractivity contribution in [2.75, 3.05) is 23.7 Å². The van der Waals surface area contributed by atoms with Crippen molar-refractivity contribution in [2.45, 2.75) is 56.0 Å². The van der Waals surface area contributed by atoms with Crippen LogP contribution in [0.2, 0.25) is 0 Å². The number of benzene rings is 1. The highest BCUT2D eigenvalue weighted by Crippen LogP contribution is 2.38. The van der Waals surface area contributed by atoms with Gasteiger partial charge in [-0.1, -0.05) is 18.1 Å². The van der Waals surface area contributed by atoms with Crippen molar-refractivity contribution in [1.82, 2.24) is 9.71 Å². The van der Waals surface area contributed by atoms with E-state index in [1.807, 2.05) is 0 Å². The maximum absolute atomic E-state index is 13.2. The van der Waals surface area contributed by atoms with Crippen molar-refractivity contribution in [3.8, 4) is 11.8 Å². The smallest absolute Gasteiger partial charge is 0.422 e. The minimum absolute atomic E-state index is 0.0881. The van der Waals surface area contributed by atoms with Crippen molar-refractivity contribution in [2.24, 2.45) is 5.73 Å². The van der Waals surface area contributed by atoms with Crippen LogP contribution >= 0.6 is 0 Å². The Labute approximate surface area is 219 Å². The van der Waals surface area contributed by atoms with Gasteiger partial charge < -0.3 is 20.9 Å². The molecule has 2 aromatic rings. The number of sulfonamides is 1. The summed E-state index contributed by atoms with van der Waals surface area (Å²) in [7, 11) is -4.02. The Balaban J connectivity index is 2.07. The van der Waals surface area contributed by atoms with Gasteiger partial charge in [-0.3, -0.25) is 5.32 Å². The summed E-state index contributed by atoms with van der Waals surface area (Å²) in [6, 6.07) is 6.52. The summed E-state index contributed by atoms with van der Waals surface area (Å²) in [5.41, 5.74) is 1.15. The number of aromatic nitrogens is 1. The number of nitrogens with one attached hydrogen (secondary N) is 3. The summed E-state index contributed by atoms with van der Waals surface area (Å²) in [5.74, 6) is 5.51. The third-order valence-corrected chi connectivity index (χ3v) is 6.35. The minimum Gasteiger partial charge on any atom is -0.444 e. The van der Waals surface area contributed by atoms with E-state index in [9.17, 15) is 31.5 Å².